The number of nitrogens with zero attached hydrogens (tertiary/aromatic N) is 1. The number of halogens is 3. The van der Waals surface area contributed by atoms with E-state index in [2.05, 4.69) is 36.8 Å². The number of aromatic nitrogens is 1. The fraction of sp³-hybridized carbons (Fsp3) is 0. The van der Waals surface area contributed by atoms with Gasteiger partial charge in [0.25, 0.3) is 0 Å². The van der Waals surface area contributed by atoms with Crippen LogP contribution in [0.2, 0.25) is 0 Å². The Bertz CT molecular complexity index is 750. The molecule has 0 saturated carbocycles. The fourth-order valence-corrected chi connectivity index (χ4v) is 3.82. The number of hydrogen-bond acceptors (Lipinski definition) is 2. The summed E-state index contributed by atoms with van der Waals surface area (Å²) in [7, 11) is 0. The quantitative estimate of drug-likeness (QED) is 0.492. The van der Waals surface area contributed by atoms with Gasteiger partial charge in [0.05, 0.1) is 11.3 Å². The minimum atomic E-state index is -0.269. The first-order valence-corrected chi connectivity index (χ1v) is 8.27. The second kappa shape index (κ2) is 5.76. The Morgan fingerprint density at radius 1 is 1.05 bits per heavy atom. The van der Waals surface area contributed by atoms with E-state index in [0.29, 0.717) is 15.0 Å². The lowest BCUT2D eigenvalue weighted by molar-refractivity contribution is 0.630. The smallest absolute Gasteiger partial charge is 0.134 e. The Morgan fingerprint density at radius 3 is 2.60 bits per heavy atom. The minimum absolute atomic E-state index is 0.269. The van der Waals surface area contributed by atoms with Crippen LogP contribution < -0.4 is 0 Å². The highest BCUT2D eigenvalue weighted by Crippen LogP contribution is 2.35. The Morgan fingerprint density at radius 2 is 1.85 bits per heavy atom. The largest absolute Gasteiger partial charge is 0.236 e. The first-order valence-electron chi connectivity index (χ1n) is 5.81. The summed E-state index contributed by atoms with van der Waals surface area (Å²) in [5, 5.41) is 2.61. The highest BCUT2D eigenvalue weighted by molar-refractivity contribution is 9.10. The Kier molecular flexibility index (Phi) is 4.01. The molecule has 0 amide bonds. The van der Waals surface area contributed by atoms with E-state index >= 15 is 0 Å². The van der Waals surface area contributed by atoms with Crippen LogP contribution in [0, 0.1) is 5.82 Å². The van der Waals surface area contributed by atoms with E-state index in [1.807, 2.05) is 35.7 Å². The van der Waals surface area contributed by atoms with Crippen LogP contribution in [0.3, 0.4) is 0 Å². The molecule has 0 fully saturated rings. The van der Waals surface area contributed by atoms with E-state index in [0.717, 1.165) is 15.7 Å². The molecule has 1 aromatic heterocycles. The minimum Gasteiger partial charge on any atom is -0.236 e. The molecule has 1 nitrogen and oxygen atoms in total. The molecule has 1 heterocycles. The molecule has 2 aromatic carbocycles. The average Bonchev–Trinajstić information content (AvgIpc) is 2.88. The van der Waals surface area contributed by atoms with Crippen LogP contribution in [0.25, 0.3) is 21.8 Å². The summed E-state index contributed by atoms with van der Waals surface area (Å²) in [5.41, 5.74) is 2.37. The van der Waals surface area contributed by atoms with E-state index < -0.39 is 0 Å². The molecule has 20 heavy (non-hydrogen) atoms. The Labute approximate surface area is 136 Å². The number of benzene rings is 2. The van der Waals surface area contributed by atoms with Gasteiger partial charge < -0.3 is 0 Å². The highest BCUT2D eigenvalue weighted by Gasteiger charge is 2.13. The average molecular weight is 413 g/mol. The van der Waals surface area contributed by atoms with Crippen molar-refractivity contribution in [1.29, 1.82) is 0 Å². The summed E-state index contributed by atoms with van der Waals surface area (Å²) < 4.78 is 15.7. The predicted octanol–water partition coefficient (Wildman–Crippen LogP) is 6.14. The Balaban J connectivity index is 2.07. The SMILES string of the molecule is Fc1cccc(Br)c1-c1nc(-c2cccc(Br)c2)cs1. The van der Waals surface area contributed by atoms with Crippen LogP contribution in [-0.4, -0.2) is 4.98 Å². The van der Waals surface area contributed by atoms with Crippen LogP contribution in [-0.2, 0) is 0 Å². The van der Waals surface area contributed by atoms with E-state index in [9.17, 15) is 4.39 Å². The van der Waals surface area contributed by atoms with Gasteiger partial charge in [-0.1, -0.05) is 34.1 Å². The van der Waals surface area contributed by atoms with Gasteiger partial charge in [0.15, 0.2) is 0 Å². The molecule has 0 spiro atoms. The summed E-state index contributed by atoms with van der Waals surface area (Å²) in [6, 6.07) is 12.8. The van der Waals surface area contributed by atoms with Crippen molar-refractivity contribution in [2.45, 2.75) is 0 Å². The zero-order valence-electron chi connectivity index (χ0n) is 10.1. The molecule has 3 aromatic rings. The van der Waals surface area contributed by atoms with Gasteiger partial charge in [-0.15, -0.1) is 11.3 Å². The van der Waals surface area contributed by atoms with E-state index in [4.69, 9.17) is 0 Å². The van der Waals surface area contributed by atoms with Gasteiger partial charge in [-0.3, -0.25) is 0 Å². The third-order valence-corrected chi connectivity index (χ3v) is 4.82. The van der Waals surface area contributed by atoms with Gasteiger partial charge in [0.1, 0.15) is 10.8 Å². The topological polar surface area (TPSA) is 12.9 Å². The molecule has 0 saturated heterocycles. The third kappa shape index (κ3) is 2.71. The normalized spacial score (nSPS) is 10.8. The predicted molar refractivity (Wildman–Crippen MR) is 88.3 cm³/mol. The van der Waals surface area contributed by atoms with Crippen LogP contribution in [0.1, 0.15) is 0 Å². The van der Waals surface area contributed by atoms with Crippen LogP contribution >= 0.6 is 43.2 Å². The Hall–Kier alpha value is -1.04. The molecule has 5 heteroatoms. The summed E-state index contributed by atoms with van der Waals surface area (Å²) in [6.45, 7) is 0. The van der Waals surface area contributed by atoms with Crippen LogP contribution in [0.15, 0.2) is 56.8 Å². The highest BCUT2D eigenvalue weighted by atomic mass is 79.9. The molecule has 0 aliphatic carbocycles. The van der Waals surface area contributed by atoms with Crippen molar-refractivity contribution in [3.63, 3.8) is 0 Å². The second-order valence-corrected chi connectivity index (χ2v) is 6.77. The van der Waals surface area contributed by atoms with E-state index in [1.165, 1.54) is 17.4 Å². The van der Waals surface area contributed by atoms with Crippen molar-refractivity contribution in [3.8, 4) is 21.8 Å². The molecule has 0 unspecified atom stereocenters. The zero-order valence-corrected chi connectivity index (χ0v) is 14.1. The monoisotopic (exact) mass is 411 g/mol. The van der Waals surface area contributed by atoms with Crippen molar-refractivity contribution in [2.24, 2.45) is 0 Å². The number of rotatable bonds is 2. The first-order chi connectivity index (χ1) is 9.65. The zero-order chi connectivity index (χ0) is 14.1. The summed E-state index contributed by atoms with van der Waals surface area (Å²) >= 11 is 8.26. The van der Waals surface area contributed by atoms with Gasteiger partial charge in [0.2, 0.25) is 0 Å². The van der Waals surface area contributed by atoms with Gasteiger partial charge in [-0.2, -0.15) is 0 Å². The van der Waals surface area contributed by atoms with Crippen LogP contribution in [0.4, 0.5) is 4.39 Å². The van der Waals surface area contributed by atoms with Gasteiger partial charge in [0, 0.05) is 19.9 Å². The van der Waals surface area contributed by atoms with Crippen molar-refractivity contribution in [3.05, 3.63) is 62.6 Å². The maximum atomic E-state index is 13.9. The lowest BCUT2D eigenvalue weighted by Crippen LogP contribution is -1.85. The van der Waals surface area contributed by atoms with E-state index in [-0.39, 0.29) is 5.82 Å². The summed E-state index contributed by atoms with van der Waals surface area (Å²) in [6.07, 6.45) is 0. The molecule has 3 rings (SSSR count). The van der Waals surface area contributed by atoms with Crippen molar-refractivity contribution >= 4 is 43.2 Å². The maximum Gasteiger partial charge on any atom is 0.134 e. The second-order valence-electron chi connectivity index (χ2n) is 4.14. The molecule has 0 N–H and O–H groups in total. The molecule has 0 bridgehead atoms. The fourth-order valence-electron chi connectivity index (χ4n) is 1.87. The molecule has 0 radical (unpaired) electrons. The molecule has 0 aliphatic rings. The van der Waals surface area contributed by atoms with Gasteiger partial charge >= 0.3 is 0 Å². The summed E-state index contributed by atoms with van der Waals surface area (Å²) in [5.74, 6) is -0.269. The van der Waals surface area contributed by atoms with Gasteiger partial charge in [-0.05, 0) is 40.2 Å². The third-order valence-electron chi connectivity index (χ3n) is 2.80. The molecule has 100 valence electrons. The molecular formula is C15H8Br2FNS. The van der Waals surface area contributed by atoms with Crippen LogP contribution in [0.5, 0.6) is 0 Å². The number of thiazole rings is 1. The molecular weight excluding hydrogens is 405 g/mol. The van der Waals surface area contributed by atoms with Crippen molar-refractivity contribution in [2.75, 3.05) is 0 Å². The standard InChI is InChI=1S/C15H8Br2FNS/c16-10-4-1-3-9(7-10)13-8-20-15(19-13)14-11(17)5-2-6-12(14)18/h1-8H. The maximum absolute atomic E-state index is 13.9. The molecule has 0 atom stereocenters. The van der Waals surface area contributed by atoms with E-state index in [1.54, 1.807) is 6.07 Å². The van der Waals surface area contributed by atoms with Crippen molar-refractivity contribution < 1.29 is 4.39 Å². The lowest BCUT2D eigenvalue weighted by atomic mass is 10.2. The lowest BCUT2D eigenvalue weighted by Gasteiger charge is -2.02. The summed E-state index contributed by atoms with van der Waals surface area (Å²) in [4.78, 5) is 4.54. The van der Waals surface area contributed by atoms with Crippen molar-refractivity contribution in [1.82, 2.24) is 4.98 Å². The first kappa shape index (κ1) is 13.9. The van der Waals surface area contributed by atoms with Gasteiger partial charge in [-0.25, -0.2) is 9.37 Å². The number of hydrogen-bond donors (Lipinski definition) is 0. The molecule has 0 aliphatic heterocycles.